The van der Waals surface area contributed by atoms with Crippen molar-refractivity contribution in [1.29, 1.82) is 0 Å². The van der Waals surface area contributed by atoms with E-state index in [9.17, 15) is 0 Å². The summed E-state index contributed by atoms with van der Waals surface area (Å²) in [4.78, 5) is 3.86. The Labute approximate surface area is 67.5 Å². The lowest BCUT2D eigenvalue weighted by atomic mass is 10.1. The van der Waals surface area contributed by atoms with Gasteiger partial charge in [-0.05, 0) is 20.8 Å². The molecule has 0 amide bonds. The minimum Gasteiger partial charge on any atom is -0.394 e. The van der Waals surface area contributed by atoms with Gasteiger partial charge >= 0.3 is 0 Å². The van der Waals surface area contributed by atoms with Crippen LogP contribution in [0, 0.1) is 0 Å². The number of nitrogens with one attached hydrogen (secondary N) is 1. The van der Waals surface area contributed by atoms with E-state index in [1.165, 1.54) is 0 Å². The Bertz CT molecular complexity index is 137. The van der Waals surface area contributed by atoms with Crippen molar-refractivity contribution in [3.05, 3.63) is 0 Å². The molecule has 0 atom stereocenters. The number of nitrogens with two attached hydrogens (primary N) is 1. The highest BCUT2D eigenvalue weighted by atomic mass is 16.3. The highest BCUT2D eigenvalue weighted by Gasteiger charge is 2.08. The van der Waals surface area contributed by atoms with E-state index >= 15 is 0 Å². The number of nitrogens with zero attached hydrogens (tertiary/aromatic N) is 1. The van der Waals surface area contributed by atoms with Gasteiger partial charge in [-0.25, -0.2) is 0 Å². The fourth-order valence-corrected chi connectivity index (χ4v) is 0.594. The lowest BCUT2D eigenvalue weighted by Gasteiger charge is -2.20. The molecule has 66 valence electrons. The van der Waals surface area contributed by atoms with Crippen LogP contribution in [-0.4, -0.2) is 29.8 Å². The van der Waals surface area contributed by atoms with Gasteiger partial charge < -0.3 is 16.2 Å². The third kappa shape index (κ3) is 7.12. The molecule has 4 N–H and O–H groups in total. The molecule has 0 radical (unpaired) electrons. The molecule has 0 aliphatic heterocycles. The van der Waals surface area contributed by atoms with Gasteiger partial charge in [0.25, 0.3) is 0 Å². The summed E-state index contributed by atoms with van der Waals surface area (Å²) in [7, 11) is 0. The van der Waals surface area contributed by atoms with Crippen LogP contribution < -0.4 is 11.1 Å². The molecule has 0 bridgehead atoms. The van der Waals surface area contributed by atoms with Gasteiger partial charge in [0.15, 0.2) is 5.96 Å². The molecule has 0 aromatic heterocycles. The zero-order valence-corrected chi connectivity index (χ0v) is 7.39. The minimum absolute atomic E-state index is 0.0342. The Kier molecular flexibility index (Phi) is 3.89. The Morgan fingerprint density at radius 3 is 2.45 bits per heavy atom. The van der Waals surface area contributed by atoms with Crippen LogP contribution in [0.25, 0.3) is 0 Å². The van der Waals surface area contributed by atoms with Gasteiger partial charge in [-0.2, -0.15) is 0 Å². The molecular weight excluding hydrogens is 142 g/mol. The number of rotatable bonds is 2. The Balaban J connectivity index is 3.76. The average molecular weight is 159 g/mol. The molecule has 0 spiro atoms. The highest BCUT2D eigenvalue weighted by molar-refractivity contribution is 5.78. The smallest absolute Gasteiger partial charge is 0.189 e. The van der Waals surface area contributed by atoms with Gasteiger partial charge in [0.05, 0.1) is 13.2 Å². The molecule has 0 saturated carbocycles. The van der Waals surface area contributed by atoms with Crippen LogP contribution in [0.5, 0.6) is 0 Å². The van der Waals surface area contributed by atoms with Crippen molar-refractivity contribution in [2.24, 2.45) is 10.7 Å². The van der Waals surface area contributed by atoms with Crippen molar-refractivity contribution in [2.75, 3.05) is 13.2 Å². The minimum atomic E-state index is -0.0664. The normalized spacial score (nSPS) is 13.3. The monoisotopic (exact) mass is 159 g/mol. The third-order valence-corrected chi connectivity index (χ3v) is 0.885. The van der Waals surface area contributed by atoms with Crippen LogP contribution in [0.15, 0.2) is 4.99 Å². The summed E-state index contributed by atoms with van der Waals surface area (Å²) in [5.41, 5.74) is 5.41. The van der Waals surface area contributed by atoms with Crippen molar-refractivity contribution < 1.29 is 5.11 Å². The summed E-state index contributed by atoms with van der Waals surface area (Å²) in [5.74, 6) is 0.381. The van der Waals surface area contributed by atoms with Crippen LogP contribution in [0.4, 0.5) is 0 Å². The van der Waals surface area contributed by atoms with Crippen molar-refractivity contribution in [3.63, 3.8) is 0 Å². The van der Waals surface area contributed by atoms with Gasteiger partial charge in [0.1, 0.15) is 0 Å². The summed E-state index contributed by atoms with van der Waals surface area (Å²) in [6.07, 6.45) is 0. The Morgan fingerprint density at radius 1 is 1.55 bits per heavy atom. The summed E-state index contributed by atoms with van der Waals surface area (Å²) in [5, 5.41) is 11.4. The quantitative estimate of drug-likeness (QED) is 0.382. The van der Waals surface area contributed by atoms with Crippen molar-refractivity contribution in [3.8, 4) is 0 Å². The number of guanidine groups is 1. The first-order valence-corrected chi connectivity index (χ1v) is 3.64. The third-order valence-electron chi connectivity index (χ3n) is 0.885. The van der Waals surface area contributed by atoms with Crippen LogP contribution in [0.3, 0.4) is 0 Å². The predicted octanol–water partition coefficient (Wildman–Crippen LogP) is -0.318. The molecule has 4 nitrogen and oxygen atoms in total. The molecule has 0 fully saturated rings. The second-order valence-corrected chi connectivity index (χ2v) is 3.37. The van der Waals surface area contributed by atoms with Crippen LogP contribution in [0.2, 0.25) is 0 Å². The molecule has 0 aromatic carbocycles. The highest BCUT2D eigenvalue weighted by Crippen LogP contribution is 1.96. The largest absolute Gasteiger partial charge is 0.394 e. The SMILES string of the molecule is CC(C)(C)NC(N)=NCCO. The molecule has 0 saturated heterocycles. The van der Waals surface area contributed by atoms with Gasteiger partial charge in [-0.3, -0.25) is 4.99 Å². The second-order valence-electron chi connectivity index (χ2n) is 3.37. The number of hydrogen-bond donors (Lipinski definition) is 3. The number of hydrogen-bond acceptors (Lipinski definition) is 2. The Morgan fingerprint density at radius 2 is 2.09 bits per heavy atom. The maximum atomic E-state index is 8.42. The van der Waals surface area contributed by atoms with Crippen molar-refractivity contribution in [1.82, 2.24) is 5.32 Å². The van der Waals surface area contributed by atoms with Crippen LogP contribution >= 0.6 is 0 Å². The summed E-state index contributed by atoms with van der Waals surface area (Å²) in [6, 6.07) is 0. The molecule has 4 heteroatoms. The molecule has 0 aromatic rings. The van der Waals surface area contributed by atoms with E-state index in [1.54, 1.807) is 0 Å². The van der Waals surface area contributed by atoms with Crippen LogP contribution in [-0.2, 0) is 0 Å². The summed E-state index contributed by atoms with van der Waals surface area (Å²) >= 11 is 0. The second kappa shape index (κ2) is 4.18. The zero-order chi connectivity index (χ0) is 8.91. The fraction of sp³-hybridized carbons (Fsp3) is 0.857. The average Bonchev–Trinajstić information content (AvgIpc) is 1.79. The van der Waals surface area contributed by atoms with E-state index in [1.807, 2.05) is 20.8 Å². The van der Waals surface area contributed by atoms with E-state index in [-0.39, 0.29) is 12.1 Å². The fourth-order valence-electron chi connectivity index (χ4n) is 0.594. The van der Waals surface area contributed by atoms with Gasteiger partial charge in [-0.1, -0.05) is 0 Å². The molecule has 0 unspecified atom stereocenters. The number of aliphatic hydroxyl groups is 1. The lowest BCUT2D eigenvalue weighted by molar-refractivity contribution is 0.306. The van der Waals surface area contributed by atoms with Gasteiger partial charge in [-0.15, -0.1) is 0 Å². The molecule has 0 rings (SSSR count). The maximum absolute atomic E-state index is 8.42. The van der Waals surface area contributed by atoms with E-state index < -0.39 is 0 Å². The molecular formula is C7H17N3O. The first-order valence-electron chi connectivity index (χ1n) is 3.64. The molecule has 0 aliphatic carbocycles. The number of aliphatic imine (C=N–C) groups is 1. The van der Waals surface area contributed by atoms with Crippen LogP contribution in [0.1, 0.15) is 20.8 Å². The Hall–Kier alpha value is -0.770. The number of aliphatic hydroxyl groups excluding tert-OH is 1. The van der Waals surface area contributed by atoms with Crippen molar-refractivity contribution >= 4 is 5.96 Å². The standard InChI is InChI=1S/C7H17N3O/c1-7(2,3)10-6(8)9-4-5-11/h11H,4-5H2,1-3H3,(H3,8,9,10). The summed E-state index contributed by atoms with van der Waals surface area (Å²) < 4.78 is 0. The van der Waals surface area contributed by atoms with Gasteiger partial charge in [0.2, 0.25) is 0 Å². The van der Waals surface area contributed by atoms with E-state index in [0.29, 0.717) is 12.5 Å². The molecule has 0 aliphatic rings. The predicted molar refractivity (Wildman–Crippen MR) is 46.5 cm³/mol. The van der Waals surface area contributed by atoms with Gasteiger partial charge in [0, 0.05) is 5.54 Å². The van der Waals surface area contributed by atoms with Crippen molar-refractivity contribution in [2.45, 2.75) is 26.3 Å². The zero-order valence-electron chi connectivity index (χ0n) is 7.39. The first-order chi connectivity index (χ1) is 4.95. The van der Waals surface area contributed by atoms with E-state index in [2.05, 4.69) is 10.3 Å². The van der Waals surface area contributed by atoms with E-state index in [4.69, 9.17) is 10.8 Å². The maximum Gasteiger partial charge on any atom is 0.189 e. The lowest BCUT2D eigenvalue weighted by Crippen LogP contribution is -2.45. The topological polar surface area (TPSA) is 70.6 Å². The molecule has 0 heterocycles. The molecule has 11 heavy (non-hydrogen) atoms. The first kappa shape index (κ1) is 10.2. The van der Waals surface area contributed by atoms with E-state index in [0.717, 1.165) is 0 Å². The summed E-state index contributed by atoms with van der Waals surface area (Å²) in [6.45, 7) is 6.37.